The Morgan fingerprint density at radius 2 is 2.23 bits per heavy atom. The largest absolute Gasteiger partial charge is 0.392 e. The van der Waals surface area contributed by atoms with Crippen LogP contribution >= 0.6 is 11.3 Å². The SMILES string of the molecule is CCC(=Cc1sc(C)nc1C)CO. The molecule has 1 aromatic rings. The van der Waals surface area contributed by atoms with Gasteiger partial charge in [-0.15, -0.1) is 11.3 Å². The molecule has 0 bridgehead atoms. The smallest absolute Gasteiger partial charge is 0.0903 e. The minimum Gasteiger partial charge on any atom is -0.392 e. The monoisotopic (exact) mass is 197 g/mol. The molecule has 0 saturated carbocycles. The summed E-state index contributed by atoms with van der Waals surface area (Å²) in [5.74, 6) is 0. The first-order chi connectivity index (χ1) is 6.17. The molecule has 13 heavy (non-hydrogen) atoms. The van der Waals surface area contributed by atoms with E-state index in [9.17, 15) is 0 Å². The zero-order valence-electron chi connectivity index (χ0n) is 8.29. The van der Waals surface area contributed by atoms with Crippen molar-refractivity contribution in [3.63, 3.8) is 0 Å². The molecule has 0 fully saturated rings. The lowest BCUT2D eigenvalue weighted by Gasteiger charge is -1.97. The van der Waals surface area contributed by atoms with Gasteiger partial charge < -0.3 is 5.11 Å². The van der Waals surface area contributed by atoms with E-state index in [0.29, 0.717) is 0 Å². The molecule has 0 saturated heterocycles. The molecule has 0 amide bonds. The summed E-state index contributed by atoms with van der Waals surface area (Å²) in [4.78, 5) is 5.49. The lowest BCUT2D eigenvalue weighted by molar-refractivity contribution is 0.329. The fourth-order valence-corrected chi connectivity index (χ4v) is 2.05. The molecule has 3 heteroatoms. The molecule has 2 nitrogen and oxygen atoms in total. The van der Waals surface area contributed by atoms with E-state index in [4.69, 9.17) is 5.11 Å². The molecule has 1 rings (SSSR count). The van der Waals surface area contributed by atoms with E-state index in [1.54, 1.807) is 11.3 Å². The maximum Gasteiger partial charge on any atom is 0.0903 e. The third kappa shape index (κ3) is 2.64. The van der Waals surface area contributed by atoms with Crippen LogP contribution in [0.1, 0.15) is 28.9 Å². The van der Waals surface area contributed by atoms with Crippen molar-refractivity contribution in [1.29, 1.82) is 0 Å². The number of rotatable bonds is 3. The van der Waals surface area contributed by atoms with Crippen LogP contribution in [0.2, 0.25) is 0 Å². The summed E-state index contributed by atoms with van der Waals surface area (Å²) in [6.45, 7) is 6.19. The number of aryl methyl sites for hydroxylation is 2. The summed E-state index contributed by atoms with van der Waals surface area (Å²) in [5.41, 5.74) is 2.12. The molecule has 0 aliphatic carbocycles. The fraction of sp³-hybridized carbons (Fsp3) is 0.500. The second-order valence-corrected chi connectivity index (χ2v) is 4.23. The number of hydrogen-bond donors (Lipinski definition) is 1. The van der Waals surface area contributed by atoms with Crippen molar-refractivity contribution in [1.82, 2.24) is 4.98 Å². The topological polar surface area (TPSA) is 33.1 Å². The second kappa shape index (κ2) is 4.53. The van der Waals surface area contributed by atoms with Crippen LogP contribution in [-0.2, 0) is 0 Å². The summed E-state index contributed by atoms with van der Waals surface area (Å²) in [6.07, 6.45) is 2.94. The van der Waals surface area contributed by atoms with Crippen LogP contribution in [0.15, 0.2) is 5.57 Å². The third-order valence-corrected chi connectivity index (χ3v) is 2.95. The molecular formula is C10H15NOS. The first-order valence-electron chi connectivity index (χ1n) is 4.41. The van der Waals surface area contributed by atoms with E-state index in [2.05, 4.69) is 4.98 Å². The van der Waals surface area contributed by atoms with Gasteiger partial charge in [-0.2, -0.15) is 0 Å². The lowest BCUT2D eigenvalue weighted by Crippen LogP contribution is -1.87. The van der Waals surface area contributed by atoms with Crippen molar-refractivity contribution >= 4 is 17.4 Å². The first kappa shape index (κ1) is 10.4. The van der Waals surface area contributed by atoms with Crippen molar-refractivity contribution in [3.05, 3.63) is 21.2 Å². The predicted octanol–water partition coefficient (Wildman–Crippen LogP) is 2.55. The Bertz CT molecular complexity index is 309. The van der Waals surface area contributed by atoms with Crippen LogP contribution in [0.5, 0.6) is 0 Å². The van der Waals surface area contributed by atoms with Crippen LogP contribution in [0.4, 0.5) is 0 Å². The molecule has 1 N–H and O–H groups in total. The highest BCUT2D eigenvalue weighted by molar-refractivity contribution is 7.12. The molecular weight excluding hydrogens is 182 g/mol. The average Bonchev–Trinajstić information content (AvgIpc) is 2.41. The van der Waals surface area contributed by atoms with Crippen LogP contribution in [0, 0.1) is 13.8 Å². The number of aromatic nitrogens is 1. The van der Waals surface area contributed by atoms with E-state index < -0.39 is 0 Å². The van der Waals surface area contributed by atoms with Crippen molar-refractivity contribution in [2.24, 2.45) is 0 Å². The van der Waals surface area contributed by atoms with Gasteiger partial charge in [0.25, 0.3) is 0 Å². The zero-order chi connectivity index (χ0) is 9.84. The molecule has 0 aliphatic heterocycles. The number of aliphatic hydroxyl groups excluding tert-OH is 1. The standard InChI is InChI=1S/C10H15NOS/c1-4-9(6-12)5-10-7(2)11-8(3)13-10/h5,12H,4,6H2,1-3H3. The van der Waals surface area contributed by atoms with Gasteiger partial charge >= 0.3 is 0 Å². The number of aliphatic hydroxyl groups is 1. The van der Waals surface area contributed by atoms with Gasteiger partial charge in [-0.1, -0.05) is 6.92 Å². The molecule has 0 aromatic carbocycles. The maximum absolute atomic E-state index is 9.00. The summed E-state index contributed by atoms with van der Waals surface area (Å²) >= 11 is 1.67. The summed E-state index contributed by atoms with van der Waals surface area (Å²) in [5, 5.41) is 10.1. The van der Waals surface area contributed by atoms with Crippen molar-refractivity contribution < 1.29 is 5.11 Å². The molecule has 0 spiro atoms. The Morgan fingerprint density at radius 1 is 1.54 bits per heavy atom. The second-order valence-electron chi connectivity index (χ2n) is 3.00. The predicted molar refractivity (Wildman–Crippen MR) is 56.9 cm³/mol. The van der Waals surface area contributed by atoms with Crippen molar-refractivity contribution in [2.45, 2.75) is 27.2 Å². The highest BCUT2D eigenvalue weighted by atomic mass is 32.1. The number of hydrogen-bond acceptors (Lipinski definition) is 3. The summed E-state index contributed by atoms with van der Waals surface area (Å²) in [6, 6.07) is 0. The Labute approximate surface area is 83.0 Å². The fourth-order valence-electron chi connectivity index (χ4n) is 1.13. The minimum atomic E-state index is 0.146. The van der Waals surface area contributed by atoms with E-state index >= 15 is 0 Å². The summed E-state index contributed by atoms with van der Waals surface area (Å²) < 4.78 is 0. The Hall–Kier alpha value is -0.670. The molecule has 0 radical (unpaired) electrons. The van der Waals surface area contributed by atoms with Gasteiger partial charge in [-0.3, -0.25) is 0 Å². The van der Waals surface area contributed by atoms with Gasteiger partial charge in [-0.05, 0) is 31.9 Å². The molecule has 0 atom stereocenters. The van der Waals surface area contributed by atoms with E-state index in [-0.39, 0.29) is 6.61 Å². The van der Waals surface area contributed by atoms with Crippen LogP contribution in [0.3, 0.4) is 0 Å². The van der Waals surface area contributed by atoms with Crippen molar-refractivity contribution in [3.8, 4) is 0 Å². The van der Waals surface area contributed by atoms with Crippen LogP contribution in [-0.4, -0.2) is 16.7 Å². The summed E-state index contributed by atoms with van der Waals surface area (Å²) in [7, 11) is 0. The molecule has 0 aliphatic rings. The highest BCUT2D eigenvalue weighted by Gasteiger charge is 2.02. The van der Waals surface area contributed by atoms with Gasteiger partial charge in [0.2, 0.25) is 0 Å². The Morgan fingerprint density at radius 3 is 2.62 bits per heavy atom. The highest BCUT2D eigenvalue weighted by Crippen LogP contribution is 2.20. The van der Waals surface area contributed by atoms with Crippen molar-refractivity contribution in [2.75, 3.05) is 6.61 Å². The van der Waals surface area contributed by atoms with Gasteiger partial charge in [0.05, 0.1) is 22.2 Å². The average molecular weight is 197 g/mol. The van der Waals surface area contributed by atoms with Crippen LogP contribution < -0.4 is 0 Å². The quantitative estimate of drug-likeness (QED) is 0.807. The zero-order valence-corrected chi connectivity index (χ0v) is 9.11. The van der Waals surface area contributed by atoms with Gasteiger partial charge in [0, 0.05) is 0 Å². The third-order valence-electron chi connectivity index (χ3n) is 1.93. The van der Waals surface area contributed by atoms with Gasteiger partial charge in [0.1, 0.15) is 0 Å². The first-order valence-corrected chi connectivity index (χ1v) is 5.23. The van der Waals surface area contributed by atoms with Gasteiger partial charge in [-0.25, -0.2) is 4.98 Å². The minimum absolute atomic E-state index is 0.146. The van der Waals surface area contributed by atoms with E-state index in [1.807, 2.05) is 26.8 Å². The maximum atomic E-state index is 9.00. The lowest BCUT2D eigenvalue weighted by atomic mass is 10.2. The van der Waals surface area contributed by atoms with Crippen LogP contribution in [0.25, 0.3) is 6.08 Å². The molecule has 1 aromatic heterocycles. The molecule has 1 heterocycles. The van der Waals surface area contributed by atoms with Gasteiger partial charge in [0.15, 0.2) is 0 Å². The molecule has 0 unspecified atom stereocenters. The Kier molecular flexibility index (Phi) is 3.63. The van der Waals surface area contributed by atoms with E-state index in [1.165, 1.54) is 4.88 Å². The number of thiazole rings is 1. The van der Waals surface area contributed by atoms with E-state index in [0.717, 1.165) is 22.7 Å². The number of nitrogens with zero attached hydrogens (tertiary/aromatic N) is 1. The molecule has 72 valence electrons. The normalized spacial score (nSPS) is 12.2. The Balaban J connectivity index is 2.95.